The maximum atomic E-state index is 11.9. The number of amides is 1. The summed E-state index contributed by atoms with van der Waals surface area (Å²) in [4.78, 5) is 17.3. The van der Waals surface area contributed by atoms with Crippen LogP contribution in [0.5, 0.6) is 0 Å². The van der Waals surface area contributed by atoms with E-state index in [4.69, 9.17) is 4.84 Å². The lowest BCUT2D eigenvalue weighted by Gasteiger charge is -2.19. The Balaban J connectivity index is 3.51. The average molecular weight is 499 g/mol. The molecule has 0 atom stereocenters. The first-order valence-electron chi connectivity index (χ1n) is 14.0. The van der Waals surface area contributed by atoms with Gasteiger partial charge in [-0.1, -0.05) is 92.7 Å². The minimum atomic E-state index is -0.00488. The summed E-state index contributed by atoms with van der Waals surface area (Å²) in [7, 11) is 0. The van der Waals surface area contributed by atoms with Crippen molar-refractivity contribution in [2.75, 3.05) is 13.2 Å². The van der Waals surface area contributed by atoms with Gasteiger partial charge in [-0.15, -0.1) is 0 Å². The molecule has 0 heterocycles. The molecule has 4 heteroatoms. The lowest BCUT2D eigenvalue weighted by Crippen LogP contribution is -2.35. The monoisotopic (exact) mass is 498 g/mol. The molecule has 0 aliphatic carbocycles. The molecule has 0 radical (unpaired) electrons. The third kappa shape index (κ3) is 29.9. The average Bonchev–Trinajstić information content (AvgIpc) is 2.83. The van der Waals surface area contributed by atoms with Crippen LogP contribution < -0.4 is 10.8 Å². The normalized spacial score (nSPS) is 13.1. The lowest BCUT2D eigenvalue weighted by molar-refractivity contribution is -0.121. The van der Waals surface area contributed by atoms with E-state index >= 15 is 0 Å². The SMILES string of the molecule is CC/C=C\C/C=C\C/C=C\C/C=C\C/C=C\C/C=C\CCC(=O)NCCCCCCONC(C)(C)C. The van der Waals surface area contributed by atoms with Gasteiger partial charge in [-0.25, -0.2) is 0 Å². The molecule has 4 nitrogen and oxygen atoms in total. The zero-order valence-corrected chi connectivity index (χ0v) is 23.6. The van der Waals surface area contributed by atoms with Crippen LogP contribution in [-0.2, 0) is 9.63 Å². The molecule has 0 saturated carbocycles. The lowest BCUT2D eigenvalue weighted by atomic mass is 10.1. The molecule has 36 heavy (non-hydrogen) atoms. The topological polar surface area (TPSA) is 50.4 Å². The Hall–Kier alpha value is -2.17. The number of hydrogen-bond acceptors (Lipinski definition) is 3. The highest BCUT2D eigenvalue weighted by Crippen LogP contribution is 2.02. The van der Waals surface area contributed by atoms with Crippen molar-refractivity contribution in [1.82, 2.24) is 10.8 Å². The summed E-state index contributed by atoms with van der Waals surface area (Å²) in [6.07, 6.45) is 38.0. The number of allylic oxidation sites excluding steroid dienone is 12. The van der Waals surface area contributed by atoms with Gasteiger partial charge in [0.15, 0.2) is 0 Å². The molecule has 0 saturated heterocycles. The summed E-state index contributed by atoms with van der Waals surface area (Å²) >= 11 is 0. The molecule has 0 aromatic heterocycles. The van der Waals surface area contributed by atoms with E-state index in [1.807, 2.05) is 0 Å². The Bertz CT molecular complexity index is 679. The molecule has 0 aromatic carbocycles. The maximum Gasteiger partial charge on any atom is 0.220 e. The molecule has 0 fully saturated rings. The third-order valence-corrected chi connectivity index (χ3v) is 5.01. The van der Waals surface area contributed by atoms with E-state index in [0.29, 0.717) is 6.42 Å². The fourth-order valence-electron chi connectivity index (χ4n) is 3.09. The second-order valence-electron chi connectivity index (χ2n) is 9.92. The Morgan fingerprint density at radius 1 is 0.667 bits per heavy atom. The second-order valence-corrected chi connectivity index (χ2v) is 9.92. The molecule has 0 rings (SSSR count). The van der Waals surface area contributed by atoms with E-state index in [1.165, 1.54) is 0 Å². The molecule has 1 amide bonds. The van der Waals surface area contributed by atoms with Crippen LogP contribution >= 0.6 is 0 Å². The molecular weight excluding hydrogens is 444 g/mol. The van der Waals surface area contributed by atoms with Gasteiger partial charge in [0, 0.05) is 18.5 Å². The first kappa shape index (κ1) is 33.8. The van der Waals surface area contributed by atoms with Crippen LogP contribution in [0.1, 0.15) is 105 Å². The van der Waals surface area contributed by atoms with Gasteiger partial charge in [0.1, 0.15) is 0 Å². The number of nitrogens with one attached hydrogen (secondary N) is 2. The Morgan fingerprint density at radius 3 is 1.64 bits per heavy atom. The van der Waals surface area contributed by atoms with Crippen molar-refractivity contribution in [2.45, 2.75) is 110 Å². The predicted molar refractivity (Wildman–Crippen MR) is 158 cm³/mol. The van der Waals surface area contributed by atoms with E-state index in [0.717, 1.165) is 83.8 Å². The standard InChI is InChI=1S/C32H54N2O2/c1-5-6-7-8-9-10-11-12-13-14-15-16-17-18-19-20-21-22-25-28-31(35)33-29-26-23-24-27-30-36-34-32(2,3)4/h6-7,9-10,12-13,15-16,18-19,21-22,34H,5,8,11,14,17,20,23-30H2,1-4H3,(H,33,35)/b7-6-,10-9-,13-12-,16-15-,19-18-,22-21-. The van der Waals surface area contributed by atoms with E-state index < -0.39 is 0 Å². The highest BCUT2D eigenvalue weighted by Gasteiger charge is 2.07. The summed E-state index contributed by atoms with van der Waals surface area (Å²) in [5.74, 6) is 0.146. The minimum absolute atomic E-state index is 0.00488. The molecule has 0 bridgehead atoms. The van der Waals surface area contributed by atoms with Gasteiger partial charge in [0.2, 0.25) is 5.91 Å². The number of rotatable bonds is 22. The van der Waals surface area contributed by atoms with Gasteiger partial charge in [-0.3, -0.25) is 4.79 Å². The quantitative estimate of drug-likeness (QED) is 0.0894. The van der Waals surface area contributed by atoms with Crippen molar-refractivity contribution < 1.29 is 9.63 Å². The summed E-state index contributed by atoms with van der Waals surface area (Å²) < 4.78 is 0. The molecule has 0 aromatic rings. The molecule has 204 valence electrons. The van der Waals surface area contributed by atoms with Gasteiger partial charge < -0.3 is 10.2 Å². The third-order valence-electron chi connectivity index (χ3n) is 5.01. The van der Waals surface area contributed by atoms with Crippen molar-refractivity contribution in [3.8, 4) is 0 Å². The number of hydrogen-bond donors (Lipinski definition) is 2. The van der Waals surface area contributed by atoms with Crippen LogP contribution in [0.25, 0.3) is 0 Å². The van der Waals surface area contributed by atoms with Crippen molar-refractivity contribution in [2.24, 2.45) is 0 Å². The first-order chi connectivity index (χ1) is 17.5. The molecule has 0 spiro atoms. The summed E-state index contributed by atoms with van der Waals surface area (Å²) in [5, 5.41) is 3.01. The van der Waals surface area contributed by atoms with Gasteiger partial charge in [-0.05, 0) is 78.6 Å². The molecular formula is C32H54N2O2. The first-order valence-corrected chi connectivity index (χ1v) is 14.0. The van der Waals surface area contributed by atoms with E-state index in [-0.39, 0.29) is 11.4 Å². The Morgan fingerprint density at radius 2 is 1.14 bits per heavy atom. The second kappa shape index (κ2) is 25.9. The van der Waals surface area contributed by atoms with Gasteiger partial charge in [-0.2, -0.15) is 5.48 Å². The largest absolute Gasteiger partial charge is 0.356 e. The molecule has 0 unspecified atom stereocenters. The summed E-state index contributed by atoms with van der Waals surface area (Å²) in [5.41, 5.74) is 3.02. The maximum absolute atomic E-state index is 11.9. The van der Waals surface area contributed by atoms with Crippen LogP contribution in [0.2, 0.25) is 0 Å². The highest BCUT2D eigenvalue weighted by molar-refractivity contribution is 5.75. The fourth-order valence-corrected chi connectivity index (χ4v) is 3.09. The van der Waals surface area contributed by atoms with Crippen LogP contribution in [-0.4, -0.2) is 24.6 Å². The minimum Gasteiger partial charge on any atom is -0.356 e. The summed E-state index contributed by atoms with van der Waals surface area (Å²) in [6, 6.07) is 0. The van der Waals surface area contributed by atoms with Gasteiger partial charge >= 0.3 is 0 Å². The smallest absolute Gasteiger partial charge is 0.220 e. The van der Waals surface area contributed by atoms with E-state index in [1.54, 1.807) is 0 Å². The van der Waals surface area contributed by atoms with E-state index in [2.05, 4.69) is 111 Å². The summed E-state index contributed by atoms with van der Waals surface area (Å²) in [6.45, 7) is 9.90. The van der Waals surface area contributed by atoms with Crippen molar-refractivity contribution in [1.29, 1.82) is 0 Å². The van der Waals surface area contributed by atoms with Crippen LogP contribution in [0.15, 0.2) is 72.9 Å². The molecule has 0 aliphatic rings. The number of carbonyl (C=O) groups excluding carboxylic acids is 1. The number of hydroxylamine groups is 1. The highest BCUT2D eigenvalue weighted by atomic mass is 16.6. The Labute approximate surface area is 222 Å². The zero-order chi connectivity index (χ0) is 26.6. The zero-order valence-electron chi connectivity index (χ0n) is 23.6. The Kier molecular flexibility index (Phi) is 24.3. The van der Waals surface area contributed by atoms with Crippen LogP contribution in [0.4, 0.5) is 0 Å². The van der Waals surface area contributed by atoms with Crippen molar-refractivity contribution >= 4 is 5.91 Å². The van der Waals surface area contributed by atoms with Crippen molar-refractivity contribution in [3.63, 3.8) is 0 Å². The van der Waals surface area contributed by atoms with Gasteiger partial charge in [0.25, 0.3) is 0 Å². The van der Waals surface area contributed by atoms with Crippen LogP contribution in [0, 0.1) is 0 Å². The predicted octanol–water partition coefficient (Wildman–Crippen LogP) is 8.46. The fraction of sp³-hybridized carbons (Fsp3) is 0.594. The number of unbranched alkanes of at least 4 members (excludes halogenated alkanes) is 3. The number of carbonyl (C=O) groups is 1. The molecule has 2 N–H and O–H groups in total. The van der Waals surface area contributed by atoms with Crippen molar-refractivity contribution in [3.05, 3.63) is 72.9 Å². The molecule has 0 aliphatic heterocycles. The van der Waals surface area contributed by atoms with E-state index in [9.17, 15) is 4.79 Å². The van der Waals surface area contributed by atoms with Crippen LogP contribution in [0.3, 0.4) is 0 Å². The van der Waals surface area contributed by atoms with Gasteiger partial charge in [0.05, 0.1) is 6.61 Å².